The standard InChI is InChI=1S/C15H18N8O/c1-2-4-13(5-3-1)23-15(18-19-20-23)10-21-6-7-24-14(8-21)9-22-12-16-11-17-22/h1-5,11-12,14H,6-10H2/t14-/m1/s1. The van der Waals surface area contributed by atoms with Gasteiger partial charge in [-0.05, 0) is 22.6 Å². The van der Waals surface area contributed by atoms with Crippen molar-refractivity contribution in [1.29, 1.82) is 0 Å². The third kappa shape index (κ3) is 3.31. The molecule has 2 aromatic heterocycles. The summed E-state index contributed by atoms with van der Waals surface area (Å²) >= 11 is 0. The van der Waals surface area contributed by atoms with Gasteiger partial charge in [0.1, 0.15) is 12.7 Å². The first kappa shape index (κ1) is 14.9. The first-order chi connectivity index (χ1) is 11.9. The molecule has 0 N–H and O–H groups in total. The largest absolute Gasteiger partial charge is 0.374 e. The summed E-state index contributed by atoms with van der Waals surface area (Å²) in [6.45, 7) is 3.72. The fourth-order valence-corrected chi connectivity index (χ4v) is 2.84. The molecule has 0 unspecified atom stereocenters. The Balaban J connectivity index is 1.43. The van der Waals surface area contributed by atoms with E-state index in [0.29, 0.717) is 19.7 Å². The van der Waals surface area contributed by atoms with Gasteiger partial charge in [0.15, 0.2) is 5.82 Å². The zero-order chi connectivity index (χ0) is 16.2. The summed E-state index contributed by atoms with van der Waals surface area (Å²) < 4.78 is 9.40. The predicted octanol–water partition coefficient (Wildman–Crippen LogP) is 0.155. The van der Waals surface area contributed by atoms with Gasteiger partial charge in [-0.15, -0.1) is 5.10 Å². The van der Waals surface area contributed by atoms with Crippen LogP contribution < -0.4 is 0 Å². The van der Waals surface area contributed by atoms with E-state index in [-0.39, 0.29) is 6.10 Å². The first-order valence-electron chi connectivity index (χ1n) is 7.87. The summed E-state index contributed by atoms with van der Waals surface area (Å²) in [5, 5.41) is 16.2. The van der Waals surface area contributed by atoms with Crippen LogP contribution in [0.3, 0.4) is 0 Å². The number of tetrazole rings is 1. The third-order valence-electron chi connectivity index (χ3n) is 3.98. The summed E-state index contributed by atoms with van der Waals surface area (Å²) in [5.74, 6) is 0.822. The Labute approximate surface area is 138 Å². The van der Waals surface area contributed by atoms with Crippen LogP contribution in [0.4, 0.5) is 0 Å². The predicted molar refractivity (Wildman–Crippen MR) is 84.2 cm³/mol. The van der Waals surface area contributed by atoms with Crippen molar-refractivity contribution >= 4 is 0 Å². The molecule has 1 atom stereocenters. The second kappa shape index (κ2) is 6.85. The van der Waals surface area contributed by atoms with Crippen LogP contribution in [0.2, 0.25) is 0 Å². The van der Waals surface area contributed by atoms with Gasteiger partial charge in [0.2, 0.25) is 0 Å². The van der Waals surface area contributed by atoms with Gasteiger partial charge in [-0.2, -0.15) is 9.78 Å². The normalized spacial score (nSPS) is 18.8. The molecule has 0 aliphatic carbocycles. The number of ether oxygens (including phenoxy) is 1. The summed E-state index contributed by atoms with van der Waals surface area (Å²) in [6.07, 6.45) is 3.33. The highest BCUT2D eigenvalue weighted by Crippen LogP contribution is 2.13. The first-order valence-corrected chi connectivity index (χ1v) is 7.87. The molecule has 24 heavy (non-hydrogen) atoms. The fourth-order valence-electron chi connectivity index (χ4n) is 2.84. The van der Waals surface area contributed by atoms with Gasteiger partial charge < -0.3 is 4.74 Å². The number of nitrogens with zero attached hydrogens (tertiary/aromatic N) is 8. The third-order valence-corrected chi connectivity index (χ3v) is 3.98. The van der Waals surface area contributed by atoms with E-state index in [0.717, 1.165) is 24.6 Å². The molecule has 9 nitrogen and oxygen atoms in total. The molecule has 0 saturated carbocycles. The molecule has 1 aromatic carbocycles. The second-order valence-electron chi connectivity index (χ2n) is 5.69. The fraction of sp³-hybridized carbons (Fsp3) is 0.400. The zero-order valence-corrected chi connectivity index (χ0v) is 13.1. The van der Waals surface area contributed by atoms with Gasteiger partial charge in [0.25, 0.3) is 0 Å². The lowest BCUT2D eigenvalue weighted by molar-refractivity contribution is -0.0411. The molecule has 9 heteroatoms. The lowest BCUT2D eigenvalue weighted by Crippen LogP contribution is -2.44. The Bertz CT molecular complexity index is 757. The molecule has 1 fully saturated rings. The van der Waals surface area contributed by atoms with Crippen LogP contribution in [0.1, 0.15) is 5.82 Å². The topological polar surface area (TPSA) is 86.8 Å². The van der Waals surface area contributed by atoms with Crippen molar-refractivity contribution < 1.29 is 4.74 Å². The Hall–Kier alpha value is -2.65. The van der Waals surface area contributed by atoms with E-state index < -0.39 is 0 Å². The van der Waals surface area contributed by atoms with Crippen molar-refractivity contribution in [2.24, 2.45) is 0 Å². The van der Waals surface area contributed by atoms with Crippen LogP contribution >= 0.6 is 0 Å². The van der Waals surface area contributed by atoms with Gasteiger partial charge >= 0.3 is 0 Å². The van der Waals surface area contributed by atoms with Crippen LogP contribution in [0.5, 0.6) is 0 Å². The van der Waals surface area contributed by atoms with Crippen molar-refractivity contribution in [2.75, 3.05) is 19.7 Å². The van der Waals surface area contributed by atoms with Gasteiger partial charge in [0, 0.05) is 13.1 Å². The molecule has 1 saturated heterocycles. The molecular weight excluding hydrogens is 308 g/mol. The Morgan fingerprint density at radius 2 is 2.12 bits per heavy atom. The Morgan fingerprint density at radius 1 is 1.21 bits per heavy atom. The molecule has 3 aromatic rings. The van der Waals surface area contributed by atoms with Crippen molar-refractivity contribution in [2.45, 2.75) is 19.2 Å². The molecule has 0 spiro atoms. The SMILES string of the molecule is c1ccc(-n2nnnc2CN2CCO[C@@H](Cn3cncn3)C2)cc1. The number of hydrogen-bond donors (Lipinski definition) is 0. The Kier molecular flexibility index (Phi) is 4.26. The number of benzene rings is 1. The molecule has 1 aliphatic heterocycles. The average molecular weight is 326 g/mol. The lowest BCUT2D eigenvalue weighted by atomic mass is 10.2. The van der Waals surface area contributed by atoms with Crippen molar-refractivity contribution in [3.05, 3.63) is 48.8 Å². The van der Waals surface area contributed by atoms with Crippen LogP contribution in [-0.2, 0) is 17.8 Å². The average Bonchev–Trinajstić information content (AvgIpc) is 3.28. The maximum atomic E-state index is 5.83. The van der Waals surface area contributed by atoms with Crippen LogP contribution in [0.25, 0.3) is 5.69 Å². The summed E-state index contributed by atoms with van der Waals surface area (Å²) in [5.41, 5.74) is 0.963. The molecule has 0 bridgehead atoms. The van der Waals surface area contributed by atoms with Crippen LogP contribution in [0, 0.1) is 0 Å². The van der Waals surface area contributed by atoms with Gasteiger partial charge in [0.05, 0.1) is 31.5 Å². The number of morpholine rings is 1. The molecular formula is C15H18N8O. The number of aromatic nitrogens is 7. The molecule has 1 aliphatic rings. The minimum Gasteiger partial charge on any atom is -0.374 e. The van der Waals surface area contributed by atoms with E-state index in [1.807, 2.05) is 30.3 Å². The minimum atomic E-state index is 0.0847. The van der Waals surface area contributed by atoms with E-state index in [1.165, 1.54) is 6.33 Å². The highest BCUT2D eigenvalue weighted by atomic mass is 16.5. The highest BCUT2D eigenvalue weighted by Gasteiger charge is 2.23. The van der Waals surface area contributed by atoms with E-state index in [4.69, 9.17) is 4.74 Å². The van der Waals surface area contributed by atoms with Gasteiger partial charge in [-0.1, -0.05) is 18.2 Å². The quantitative estimate of drug-likeness (QED) is 0.660. The number of hydrogen-bond acceptors (Lipinski definition) is 7. The summed E-state index contributed by atoms with van der Waals surface area (Å²) in [4.78, 5) is 6.27. The van der Waals surface area contributed by atoms with E-state index in [2.05, 4.69) is 30.5 Å². The summed E-state index contributed by atoms with van der Waals surface area (Å²) in [7, 11) is 0. The van der Waals surface area contributed by atoms with Gasteiger partial charge in [-0.3, -0.25) is 9.58 Å². The minimum absolute atomic E-state index is 0.0847. The lowest BCUT2D eigenvalue weighted by Gasteiger charge is -2.32. The maximum Gasteiger partial charge on any atom is 0.170 e. The molecule has 0 amide bonds. The number of rotatable bonds is 5. The highest BCUT2D eigenvalue weighted by molar-refractivity contribution is 5.30. The second-order valence-corrected chi connectivity index (χ2v) is 5.69. The van der Waals surface area contributed by atoms with Crippen LogP contribution in [0.15, 0.2) is 43.0 Å². The molecule has 0 radical (unpaired) electrons. The maximum absolute atomic E-state index is 5.83. The van der Waals surface area contributed by atoms with E-state index in [1.54, 1.807) is 15.7 Å². The monoisotopic (exact) mass is 326 g/mol. The molecule has 124 valence electrons. The number of para-hydroxylation sites is 1. The van der Waals surface area contributed by atoms with Crippen LogP contribution in [-0.4, -0.2) is 65.7 Å². The van der Waals surface area contributed by atoms with Gasteiger partial charge in [-0.25, -0.2) is 4.98 Å². The van der Waals surface area contributed by atoms with Crippen molar-refractivity contribution in [3.63, 3.8) is 0 Å². The van der Waals surface area contributed by atoms with Crippen molar-refractivity contribution in [3.8, 4) is 5.69 Å². The van der Waals surface area contributed by atoms with E-state index in [9.17, 15) is 0 Å². The Morgan fingerprint density at radius 3 is 2.96 bits per heavy atom. The summed E-state index contributed by atoms with van der Waals surface area (Å²) in [6, 6.07) is 9.91. The smallest absolute Gasteiger partial charge is 0.170 e. The zero-order valence-electron chi connectivity index (χ0n) is 13.1. The molecule has 3 heterocycles. The molecule has 4 rings (SSSR count). The van der Waals surface area contributed by atoms with Crippen molar-refractivity contribution in [1.82, 2.24) is 39.9 Å². The van der Waals surface area contributed by atoms with E-state index >= 15 is 0 Å².